The molecule has 12 nitrogen and oxygen atoms in total. The van der Waals surface area contributed by atoms with E-state index in [1.165, 1.54) is 24.3 Å². The molecule has 2 aliphatic rings. The van der Waals surface area contributed by atoms with Crippen LogP contribution >= 0.6 is 44.8 Å². The predicted molar refractivity (Wildman–Crippen MR) is 163 cm³/mol. The molecule has 0 aromatic heterocycles. The Morgan fingerprint density at radius 1 is 0.773 bits per heavy atom. The van der Waals surface area contributed by atoms with E-state index in [4.69, 9.17) is 32.7 Å². The van der Waals surface area contributed by atoms with Gasteiger partial charge in [0.2, 0.25) is 0 Å². The van der Waals surface area contributed by atoms with Gasteiger partial charge in [-0.3, -0.25) is 9.59 Å². The van der Waals surface area contributed by atoms with Crippen LogP contribution in [0.3, 0.4) is 0 Å². The Hall–Kier alpha value is -3.46. The Labute approximate surface area is 268 Å². The van der Waals surface area contributed by atoms with Crippen molar-refractivity contribution in [2.24, 2.45) is 0 Å². The molecule has 2 heterocycles. The first-order valence-electron chi connectivity index (χ1n) is 13.1. The molecule has 44 heavy (non-hydrogen) atoms. The zero-order chi connectivity index (χ0) is 32.3. The first-order valence-corrected chi connectivity index (χ1v) is 16.4. The lowest BCUT2D eigenvalue weighted by atomic mass is 9.96. The molecule has 0 spiro atoms. The molecule has 4 N–H and O–H groups in total. The number of fused-ring (bicyclic) bond motifs is 2. The van der Waals surface area contributed by atoms with Crippen LogP contribution in [0.2, 0.25) is 10.0 Å². The first-order chi connectivity index (χ1) is 20.7. The van der Waals surface area contributed by atoms with E-state index in [0.29, 0.717) is 24.0 Å². The number of carboxylic acid groups (broad SMARTS) is 2. The second kappa shape index (κ2) is 14.1. The van der Waals surface area contributed by atoms with Crippen molar-refractivity contribution in [1.29, 1.82) is 0 Å². The fourth-order valence-electron chi connectivity index (χ4n) is 4.53. The van der Waals surface area contributed by atoms with Gasteiger partial charge < -0.3 is 30.3 Å². The largest absolute Gasteiger partial charge is 0.480 e. The molecule has 4 rings (SSSR count). The molecule has 2 aliphatic heterocycles. The van der Waals surface area contributed by atoms with Gasteiger partial charge in [-0.1, -0.05) is 44.8 Å². The molecule has 0 aliphatic carbocycles. The van der Waals surface area contributed by atoms with Crippen molar-refractivity contribution in [2.45, 2.75) is 51.0 Å². The van der Waals surface area contributed by atoms with Crippen molar-refractivity contribution in [3.05, 3.63) is 67.7 Å². The van der Waals surface area contributed by atoms with Crippen molar-refractivity contribution in [2.75, 3.05) is 11.5 Å². The number of benzene rings is 2. The number of hydrogen-bond donors (Lipinski definition) is 4. The van der Waals surface area contributed by atoms with Crippen LogP contribution in [0.4, 0.5) is 0 Å². The van der Waals surface area contributed by atoms with Gasteiger partial charge in [0.15, 0.2) is 0 Å². The Morgan fingerprint density at radius 2 is 1.14 bits per heavy atom. The van der Waals surface area contributed by atoms with Gasteiger partial charge >= 0.3 is 23.9 Å². The molecule has 2 amide bonds. The number of nitrogens with one attached hydrogen (secondary N) is 2. The summed E-state index contributed by atoms with van der Waals surface area (Å²) in [5.74, 6) is -5.84. The van der Waals surface area contributed by atoms with Gasteiger partial charge in [0.25, 0.3) is 11.8 Å². The molecule has 0 radical (unpaired) electrons. The second-order valence-electron chi connectivity index (χ2n) is 10.1. The van der Waals surface area contributed by atoms with Crippen molar-refractivity contribution in [3.63, 3.8) is 0 Å². The lowest BCUT2D eigenvalue weighted by Gasteiger charge is -2.23. The van der Waals surface area contributed by atoms with Crippen molar-refractivity contribution < 1.29 is 48.5 Å². The lowest BCUT2D eigenvalue weighted by molar-refractivity contribution is -0.139. The van der Waals surface area contributed by atoms with Crippen LogP contribution in [0.15, 0.2) is 24.3 Å². The average molecular weight is 686 g/mol. The minimum atomic E-state index is -1.38. The summed E-state index contributed by atoms with van der Waals surface area (Å²) in [6.07, 6.45) is -0.00133. The summed E-state index contributed by atoms with van der Waals surface area (Å²) >= 11 is 12.6. The summed E-state index contributed by atoms with van der Waals surface area (Å²) in [4.78, 5) is 73.9. The summed E-state index contributed by atoms with van der Waals surface area (Å²) < 4.78 is 10.4. The predicted octanol–water partition coefficient (Wildman–Crippen LogP) is 3.64. The highest BCUT2D eigenvalue weighted by atomic mass is 35.5. The molecule has 234 valence electrons. The third kappa shape index (κ3) is 7.78. The molecule has 2 aromatic rings. The number of carbonyl (C=O) groups excluding carboxylic acids is 4. The van der Waals surface area contributed by atoms with E-state index in [1.807, 2.05) is 0 Å². The van der Waals surface area contributed by atoms with Gasteiger partial charge in [-0.15, -0.1) is 0 Å². The second-order valence-corrected chi connectivity index (χ2v) is 13.5. The number of carbonyl (C=O) groups is 6. The van der Waals surface area contributed by atoms with Crippen LogP contribution in [-0.2, 0) is 31.9 Å². The van der Waals surface area contributed by atoms with Gasteiger partial charge in [-0.05, 0) is 49.2 Å². The van der Waals surface area contributed by atoms with Crippen LogP contribution in [0.25, 0.3) is 0 Å². The van der Waals surface area contributed by atoms with Gasteiger partial charge in [0.1, 0.15) is 24.3 Å². The van der Waals surface area contributed by atoms with E-state index in [-0.39, 0.29) is 56.0 Å². The Bertz CT molecular complexity index is 1440. The molecule has 16 heteroatoms. The van der Waals surface area contributed by atoms with Crippen LogP contribution in [0, 0.1) is 0 Å². The maximum absolute atomic E-state index is 12.8. The summed E-state index contributed by atoms with van der Waals surface area (Å²) in [5.41, 5.74) is 1.30. The van der Waals surface area contributed by atoms with Gasteiger partial charge in [0, 0.05) is 45.5 Å². The fraction of sp³-hybridized carbons (Fsp3) is 0.357. The van der Waals surface area contributed by atoms with Crippen LogP contribution in [0.5, 0.6) is 0 Å². The number of rotatable bonds is 11. The molecular formula is C28H26Cl2N2O10S2. The van der Waals surface area contributed by atoms with E-state index in [0.717, 1.165) is 21.6 Å². The van der Waals surface area contributed by atoms with Crippen molar-refractivity contribution in [1.82, 2.24) is 10.6 Å². The Kier molecular flexibility index (Phi) is 10.7. The highest BCUT2D eigenvalue weighted by molar-refractivity contribution is 8.76. The maximum atomic E-state index is 12.8. The summed E-state index contributed by atoms with van der Waals surface area (Å²) in [7, 11) is 1.94. The number of aliphatic carboxylic acids is 2. The minimum absolute atomic E-state index is 0.0251. The number of cyclic esters (lactones) is 2. The van der Waals surface area contributed by atoms with Gasteiger partial charge in [0.05, 0.1) is 11.1 Å². The topological polar surface area (TPSA) is 185 Å². The van der Waals surface area contributed by atoms with Gasteiger partial charge in [-0.2, -0.15) is 0 Å². The normalized spacial score (nSPS) is 18.5. The maximum Gasteiger partial charge on any atom is 0.338 e. The first kappa shape index (κ1) is 33.4. The fourth-order valence-corrected chi connectivity index (χ4v) is 7.43. The zero-order valence-corrected chi connectivity index (χ0v) is 26.3. The van der Waals surface area contributed by atoms with E-state index >= 15 is 0 Å². The smallest absolute Gasteiger partial charge is 0.338 e. The number of ether oxygens (including phenoxy) is 2. The van der Waals surface area contributed by atoms with Crippen LogP contribution in [0.1, 0.15) is 66.4 Å². The number of halogens is 2. The summed E-state index contributed by atoms with van der Waals surface area (Å²) in [6.45, 7) is 3.42. The van der Waals surface area contributed by atoms with E-state index < -0.39 is 47.8 Å². The molecule has 2 unspecified atom stereocenters. The summed E-state index contributed by atoms with van der Waals surface area (Å²) in [5, 5.41) is 24.4. The molecule has 0 bridgehead atoms. The molecule has 4 atom stereocenters. The number of carboxylic acids is 2. The quantitative estimate of drug-likeness (QED) is 0.153. The van der Waals surface area contributed by atoms with E-state index in [1.54, 1.807) is 13.8 Å². The zero-order valence-electron chi connectivity index (χ0n) is 23.2. The number of esters is 2. The van der Waals surface area contributed by atoms with Crippen molar-refractivity contribution in [3.8, 4) is 0 Å². The lowest BCUT2D eigenvalue weighted by Crippen LogP contribution is -2.43. The highest BCUT2D eigenvalue weighted by Gasteiger charge is 2.30. The third-order valence-corrected chi connectivity index (χ3v) is 9.81. The average Bonchev–Trinajstić information content (AvgIpc) is 2.94. The van der Waals surface area contributed by atoms with Crippen molar-refractivity contribution >= 4 is 80.5 Å². The molecule has 0 fully saturated rings. The van der Waals surface area contributed by atoms with E-state index in [9.17, 15) is 39.0 Å². The monoisotopic (exact) mass is 684 g/mol. The number of amides is 2. The third-order valence-electron chi connectivity index (χ3n) is 6.71. The SMILES string of the molecule is CC1Cc2c(Cl)cc(C(=O)N[C@@H](CSSC[C@H](NC(=O)c3cc(Cl)c4c(c3)C(=O)OC(C)C4)C(=O)O)C(=O)O)cc2C(=O)O1. The minimum Gasteiger partial charge on any atom is -0.480 e. The van der Waals surface area contributed by atoms with Crippen LogP contribution in [-0.4, -0.2) is 81.7 Å². The molecule has 0 saturated carbocycles. The Morgan fingerprint density at radius 3 is 1.48 bits per heavy atom. The van der Waals surface area contributed by atoms with E-state index in [2.05, 4.69) is 10.6 Å². The molecule has 2 aromatic carbocycles. The Balaban J connectivity index is 1.34. The highest BCUT2D eigenvalue weighted by Crippen LogP contribution is 2.31. The summed E-state index contributed by atoms with van der Waals surface area (Å²) in [6, 6.07) is 2.54. The van der Waals surface area contributed by atoms with Crippen LogP contribution < -0.4 is 10.6 Å². The standard InChI is InChI=1S/C28H26Cl2N2O10S2/c1-11-3-15-17(27(39)41-11)5-13(7-19(15)29)23(33)31-21(25(35)36)9-43-44-10-22(26(37)38)32-24(34)14-6-18-16(20(30)8-14)4-12(2)42-28(18)40/h5-8,11-12,21-22H,3-4,9-10H2,1-2H3,(H,31,33)(H,32,34)(H,35,36)(H,37,38)/t11?,12?,21-,22-/m0/s1. The molecule has 0 saturated heterocycles. The number of hydrogen-bond acceptors (Lipinski definition) is 10. The van der Waals surface area contributed by atoms with Gasteiger partial charge in [-0.25, -0.2) is 19.2 Å². The molecular weight excluding hydrogens is 659 g/mol.